The van der Waals surface area contributed by atoms with Gasteiger partial charge in [0, 0.05) is 13.0 Å². The smallest absolute Gasteiger partial charge is 0.306 e. The molecule has 1 atom stereocenters. The van der Waals surface area contributed by atoms with Crippen LogP contribution in [-0.2, 0) is 9.53 Å². The van der Waals surface area contributed by atoms with Crippen molar-refractivity contribution in [3.8, 4) is 0 Å². The Kier molecular flexibility index (Phi) is 10.2. The lowest BCUT2D eigenvalue weighted by Crippen LogP contribution is -2.14. The number of carbonyl (C=O) groups excluding carboxylic acids is 1. The molecule has 1 N–H and O–H groups in total. The summed E-state index contributed by atoms with van der Waals surface area (Å²) in [5.74, 6) is 0.159. The van der Waals surface area contributed by atoms with Crippen LogP contribution in [0.2, 0.25) is 0 Å². The molecule has 0 bridgehead atoms. The molecule has 0 heterocycles. The molecule has 0 saturated heterocycles. The summed E-state index contributed by atoms with van der Waals surface area (Å²) in [4.78, 5) is 11.3. The Morgan fingerprint density at radius 1 is 1.18 bits per heavy atom. The highest BCUT2D eigenvalue weighted by Gasteiger charge is 2.11. The van der Waals surface area contributed by atoms with Gasteiger partial charge in [-0.15, -0.1) is 0 Å². The van der Waals surface area contributed by atoms with E-state index in [0.717, 1.165) is 32.1 Å². The number of esters is 1. The first-order valence-electron chi connectivity index (χ1n) is 6.52. The summed E-state index contributed by atoms with van der Waals surface area (Å²) in [6, 6.07) is 0. The molecular weight excluding hydrogens is 216 g/mol. The van der Waals surface area contributed by atoms with Gasteiger partial charge in [0.1, 0.15) is 6.10 Å². The maximum atomic E-state index is 11.3. The molecule has 0 rings (SSSR count). The molecule has 0 fully saturated rings. The first kappa shape index (κ1) is 16.4. The number of ether oxygens (including phenoxy) is 1. The Morgan fingerprint density at radius 3 is 2.35 bits per heavy atom. The lowest BCUT2D eigenvalue weighted by molar-refractivity contribution is -0.146. The van der Waals surface area contributed by atoms with Gasteiger partial charge in [0.25, 0.3) is 0 Å². The first-order chi connectivity index (χ1) is 8.06. The molecular formula is C14H26O3. The molecule has 3 nitrogen and oxygen atoms in total. The maximum Gasteiger partial charge on any atom is 0.306 e. The molecule has 0 spiro atoms. The van der Waals surface area contributed by atoms with Crippen LogP contribution in [0.4, 0.5) is 0 Å². The second kappa shape index (κ2) is 10.6. The number of aliphatic hydroxyl groups is 1. The minimum atomic E-state index is -0.506. The van der Waals surface area contributed by atoms with Gasteiger partial charge in [-0.2, -0.15) is 0 Å². The van der Waals surface area contributed by atoms with Crippen LogP contribution in [-0.4, -0.2) is 23.8 Å². The summed E-state index contributed by atoms with van der Waals surface area (Å²) in [5, 5.41) is 8.62. The Labute approximate surface area is 106 Å². The van der Waals surface area contributed by atoms with Gasteiger partial charge in [-0.25, -0.2) is 0 Å². The molecule has 0 aliphatic rings. The predicted molar refractivity (Wildman–Crippen MR) is 69.2 cm³/mol. The van der Waals surface area contributed by atoms with Gasteiger partial charge in [-0.3, -0.25) is 4.79 Å². The average molecular weight is 242 g/mol. The fraction of sp³-hybridized carbons (Fsp3) is 0.786. The highest BCUT2D eigenvalue weighted by Crippen LogP contribution is 2.15. The molecule has 2 radical (unpaired) electrons. The molecule has 100 valence electrons. The number of unbranched alkanes of at least 4 members (excludes halogenated alkanes) is 4. The standard InChI is InChI=1S/C14H26O3/c1-12(2)17-14(16)11-13(3)9-7-5-4-6-8-10-15/h12-13,15H,1-2,4-11H2,3H3. The lowest BCUT2D eigenvalue weighted by Gasteiger charge is -2.12. The van der Waals surface area contributed by atoms with Crippen molar-refractivity contribution in [1.82, 2.24) is 0 Å². The van der Waals surface area contributed by atoms with E-state index in [1.54, 1.807) is 0 Å². The Hall–Kier alpha value is -0.570. The zero-order valence-electron chi connectivity index (χ0n) is 11.0. The van der Waals surface area contributed by atoms with E-state index < -0.39 is 6.10 Å². The zero-order valence-corrected chi connectivity index (χ0v) is 11.0. The van der Waals surface area contributed by atoms with E-state index in [0.29, 0.717) is 18.9 Å². The van der Waals surface area contributed by atoms with Crippen molar-refractivity contribution in [2.24, 2.45) is 5.92 Å². The Bertz CT molecular complexity index is 190. The number of carbonyl (C=O) groups is 1. The summed E-state index contributed by atoms with van der Waals surface area (Å²) < 4.78 is 4.89. The van der Waals surface area contributed by atoms with Crippen LogP contribution in [0.15, 0.2) is 0 Å². The van der Waals surface area contributed by atoms with Gasteiger partial charge < -0.3 is 9.84 Å². The van der Waals surface area contributed by atoms with E-state index in [9.17, 15) is 4.79 Å². The van der Waals surface area contributed by atoms with Crippen molar-refractivity contribution in [1.29, 1.82) is 0 Å². The lowest BCUT2D eigenvalue weighted by atomic mass is 9.99. The van der Waals surface area contributed by atoms with Gasteiger partial charge in [0.05, 0.1) is 0 Å². The highest BCUT2D eigenvalue weighted by atomic mass is 16.5. The highest BCUT2D eigenvalue weighted by molar-refractivity contribution is 5.69. The molecule has 0 saturated carbocycles. The van der Waals surface area contributed by atoms with Gasteiger partial charge in [0.15, 0.2) is 0 Å². The molecule has 17 heavy (non-hydrogen) atoms. The van der Waals surface area contributed by atoms with Crippen LogP contribution in [0.3, 0.4) is 0 Å². The minimum Gasteiger partial charge on any atom is -0.462 e. The molecule has 0 aliphatic heterocycles. The van der Waals surface area contributed by atoms with Crippen molar-refractivity contribution in [3.05, 3.63) is 13.8 Å². The third-order valence-corrected chi connectivity index (χ3v) is 2.67. The quantitative estimate of drug-likeness (QED) is 0.473. The average Bonchev–Trinajstić information content (AvgIpc) is 2.21. The van der Waals surface area contributed by atoms with Gasteiger partial charge in [-0.05, 0) is 26.2 Å². The summed E-state index contributed by atoms with van der Waals surface area (Å²) in [5.41, 5.74) is 0. The van der Waals surface area contributed by atoms with E-state index in [-0.39, 0.29) is 5.97 Å². The molecule has 0 aliphatic carbocycles. The van der Waals surface area contributed by atoms with E-state index in [1.165, 1.54) is 6.42 Å². The zero-order chi connectivity index (χ0) is 13.1. The van der Waals surface area contributed by atoms with Crippen LogP contribution in [0, 0.1) is 19.8 Å². The van der Waals surface area contributed by atoms with Crippen LogP contribution in [0.25, 0.3) is 0 Å². The molecule has 0 aromatic rings. The Morgan fingerprint density at radius 2 is 1.76 bits per heavy atom. The van der Waals surface area contributed by atoms with Crippen molar-refractivity contribution in [3.63, 3.8) is 0 Å². The molecule has 1 unspecified atom stereocenters. The molecule has 3 heteroatoms. The van der Waals surface area contributed by atoms with Crippen molar-refractivity contribution in [2.45, 2.75) is 58.0 Å². The fourth-order valence-electron chi connectivity index (χ4n) is 1.76. The van der Waals surface area contributed by atoms with Crippen molar-refractivity contribution < 1.29 is 14.6 Å². The van der Waals surface area contributed by atoms with E-state index in [2.05, 4.69) is 20.8 Å². The van der Waals surface area contributed by atoms with Crippen LogP contribution in [0.5, 0.6) is 0 Å². The van der Waals surface area contributed by atoms with Crippen molar-refractivity contribution in [2.75, 3.05) is 6.61 Å². The number of hydrogen-bond acceptors (Lipinski definition) is 3. The fourth-order valence-corrected chi connectivity index (χ4v) is 1.76. The van der Waals surface area contributed by atoms with Gasteiger partial charge in [0.2, 0.25) is 0 Å². The molecule has 0 amide bonds. The van der Waals surface area contributed by atoms with Gasteiger partial charge in [-0.1, -0.05) is 39.0 Å². The second-order valence-electron chi connectivity index (χ2n) is 4.70. The number of aliphatic hydroxyl groups excluding tert-OH is 1. The number of rotatable bonds is 10. The topological polar surface area (TPSA) is 46.5 Å². The predicted octanol–water partition coefficient (Wildman–Crippen LogP) is 2.93. The van der Waals surface area contributed by atoms with E-state index in [4.69, 9.17) is 9.84 Å². The van der Waals surface area contributed by atoms with Crippen molar-refractivity contribution >= 4 is 5.97 Å². The SMILES string of the molecule is [CH2]C([CH2])OC(=O)CC(C)CCCCCCCO. The summed E-state index contributed by atoms with van der Waals surface area (Å²) in [6.07, 6.45) is 6.47. The molecule has 0 aromatic heterocycles. The largest absolute Gasteiger partial charge is 0.462 e. The van der Waals surface area contributed by atoms with Crippen LogP contribution in [0.1, 0.15) is 51.9 Å². The van der Waals surface area contributed by atoms with Crippen LogP contribution < -0.4 is 0 Å². The molecule has 0 aromatic carbocycles. The Balaban J connectivity index is 3.39. The number of hydrogen-bond donors (Lipinski definition) is 1. The summed E-state index contributed by atoms with van der Waals surface area (Å²) in [7, 11) is 0. The maximum absolute atomic E-state index is 11.3. The minimum absolute atomic E-state index is 0.201. The second-order valence-corrected chi connectivity index (χ2v) is 4.70. The summed E-state index contributed by atoms with van der Waals surface area (Å²) >= 11 is 0. The van der Waals surface area contributed by atoms with Crippen LogP contribution >= 0.6 is 0 Å². The summed E-state index contributed by atoms with van der Waals surface area (Å²) in [6.45, 7) is 9.39. The third-order valence-electron chi connectivity index (χ3n) is 2.67. The van der Waals surface area contributed by atoms with E-state index >= 15 is 0 Å². The van der Waals surface area contributed by atoms with E-state index in [1.807, 2.05) is 0 Å². The van der Waals surface area contributed by atoms with Gasteiger partial charge >= 0.3 is 5.97 Å². The first-order valence-corrected chi connectivity index (χ1v) is 6.52. The monoisotopic (exact) mass is 242 g/mol. The normalized spacial score (nSPS) is 12.8. The third kappa shape index (κ3) is 11.7.